The highest BCUT2D eigenvalue weighted by atomic mass is 35.5. The fraction of sp³-hybridized carbons (Fsp3) is 0.455. The Hall–Kier alpha value is -2.31. The van der Waals surface area contributed by atoms with Crippen molar-refractivity contribution in [2.24, 2.45) is 10.7 Å². The number of benzene rings is 1. The summed E-state index contributed by atoms with van der Waals surface area (Å²) < 4.78 is 12.2. The number of likely N-dealkylation sites (N-methyl/N-ethyl adjacent to an activating group) is 1. The second kappa shape index (κ2) is 6.61. The number of ether oxygens (including phenoxy) is 2. The Labute approximate surface area is 175 Å². The lowest BCUT2D eigenvalue weighted by atomic mass is 9.73. The van der Waals surface area contributed by atoms with Crippen LogP contribution >= 0.6 is 11.6 Å². The molecule has 1 aromatic carbocycles. The van der Waals surface area contributed by atoms with E-state index in [2.05, 4.69) is 6.08 Å². The molecule has 4 aliphatic rings. The lowest BCUT2D eigenvalue weighted by molar-refractivity contribution is -0.139. The zero-order valence-corrected chi connectivity index (χ0v) is 17.1. The second-order valence-electron chi connectivity index (χ2n) is 8.32. The van der Waals surface area contributed by atoms with Gasteiger partial charge in [-0.05, 0) is 42.5 Å². The lowest BCUT2D eigenvalue weighted by Gasteiger charge is -2.46. The molecule has 29 heavy (non-hydrogen) atoms. The zero-order chi connectivity index (χ0) is 20.2. The van der Waals surface area contributed by atoms with Crippen molar-refractivity contribution in [2.75, 3.05) is 20.3 Å². The van der Waals surface area contributed by atoms with Crippen LogP contribution in [0.4, 0.5) is 0 Å². The van der Waals surface area contributed by atoms with Gasteiger partial charge in [0, 0.05) is 25.6 Å². The molecule has 1 fully saturated rings. The summed E-state index contributed by atoms with van der Waals surface area (Å²) in [5.74, 6) is 0.801. The molecule has 1 saturated heterocycles. The number of guanidine groups is 1. The minimum atomic E-state index is -1.07. The molecule has 3 aliphatic heterocycles. The third kappa shape index (κ3) is 2.89. The van der Waals surface area contributed by atoms with Crippen molar-refractivity contribution in [1.29, 1.82) is 0 Å². The Morgan fingerprint density at radius 1 is 1.38 bits per heavy atom. The van der Waals surface area contributed by atoms with Gasteiger partial charge in [0.25, 0.3) is 5.91 Å². The summed E-state index contributed by atoms with van der Waals surface area (Å²) in [7, 11) is 1.67. The summed E-state index contributed by atoms with van der Waals surface area (Å²) in [5, 5.41) is -0.0354. The van der Waals surface area contributed by atoms with Crippen LogP contribution in [-0.2, 0) is 15.1 Å². The van der Waals surface area contributed by atoms with Crippen LogP contribution in [0.3, 0.4) is 0 Å². The molecule has 3 unspecified atom stereocenters. The number of amides is 1. The van der Waals surface area contributed by atoms with E-state index in [-0.39, 0.29) is 17.2 Å². The van der Waals surface area contributed by atoms with Crippen LogP contribution in [0.2, 0.25) is 0 Å². The molecular weight excluding hydrogens is 390 g/mol. The van der Waals surface area contributed by atoms with Crippen molar-refractivity contribution < 1.29 is 14.3 Å². The van der Waals surface area contributed by atoms with Gasteiger partial charge in [-0.25, -0.2) is 4.99 Å². The molecule has 1 aliphatic carbocycles. The Morgan fingerprint density at radius 3 is 2.93 bits per heavy atom. The van der Waals surface area contributed by atoms with Gasteiger partial charge in [-0.1, -0.05) is 24.3 Å². The molecule has 3 heterocycles. The predicted molar refractivity (Wildman–Crippen MR) is 112 cm³/mol. The van der Waals surface area contributed by atoms with E-state index in [1.165, 1.54) is 4.90 Å². The summed E-state index contributed by atoms with van der Waals surface area (Å²) in [6.45, 7) is 1.16. The molecule has 0 saturated carbocycles. The summed E-state index contributed by atoms with van der Waals surface area (Å²) in [4.78, 5) is 19.6. The van der Waals surface area contributed by atoms with Gasteiger partial charge >= 0.3 is 0 Å². The highest BCUT2D eigenvalue weighted by Crippen LogP contribution is 2.51. The fourth-order valence-electron chi connectivity index (χ4n) is 4.86. The molecule has 152 valence electrons. The van der Waals surface area contributed by atoms with Gasteiger partial charge in [0.15, 0.2) is 11.5 Å². The standard InChI is InChI=1S/C22H24ClN3O3/c1-26-19(27)22(25-20(26)24)12-21(8-3-9-28-13-21)29-18-7-6-15(11-17(18)22)14-4-2-5-16(23)10-14/h2,4-7,11,16H,3,8-10,12-13H2,1H3,(H2,24,25). The second-order valence-corrected chi connectivity index (χ2v) is 8.88. The van der Waals surface area contributed by atoms with E-state index in [1.54, 1.807) is 7.05 Å². The molecule has 6 nitrogen and oxygen atoms in total. The number of alkyl halides is 1. The molecule has 0 aromatic heterocycles. The smallest absolute Gasteiger partial charge is 0.261 e. The number of aliphatic imine (C=N–C) groups is 1. The van der Waals surface area contributed by atoms with Gasteiger partial charge in [0.1, 0.15) is 11.4 Å². The first-order valence-electron chi connectivity index (χ1n) is 9.99. The van der Waals surface area contributed by atoms with E-state index in [9.17, 15) is 4.79 Å². The highest BCUT2D eigenvalue weighted by Gasteiger charge is 2.58. The quantitative estimate of drug-likeness (QED) is 0.718. The van der Waals surface area contributed by atoms with E-state index in [0.717, 1.165) is 36.0 Å². The number of rotatable bonds is 1. The van der Waals surface area contributed by atoms with Crippen molar-refractivity contribution in [3.05, 3.63) is 47.6 Å². The van der Waals surface area contributed by atoms with Crippen molar-refractivity contribution in [2.45, 2.75) is 42.2 Å². The van der Waals surface area contributed by atoms with Crippen LogP contribution in [0.5, 0.6) is 5.75 Å². The monoisotopic (exact) mass is 413 g/mol. The van der Waals surface area contributed by atoms with E-state index in [1.807, 2.05) is 30.4 Å². The molecule has 0 bridgehead atoms. The topological polar surface area (TPSA) is 77.2 Å². The first-order chi connectivity index (χ1) is 13.9. The van der Waals surface area contributed by atoms with Crippen molar-refractivity contribution >= 4 is 29.0 Å². The van der Waals surface area contributed by atoms with Crippen LogP contribution < -0.4 is 10.5 Å². The Morgan fingerprint density at radius 2 is 2.24 bits per heavy atom. The van der Waals surface area contributed by atoms with Gasteiger partial charge in [-0.3, -0.25) is 9.69 Å². The summed E-state index contributed by atoms with van der Waals surface area (Å²) in [6.07, 6.45) is 8.89. The van der Waals surface area contributed by atoms with Crippen LogP contribution in [-0.4, -0.2) is 48.0 Å². The summed E-state index contributed by atoms with van der Waals surface area (Å²) >= 11 is 6.32. The van der Waals surface area contributed by atoms with E-state index < -0.39 is 11.1 Å². The molecule has 5 rings (SSSR count). The Bertz CT molecular complexity index is 964. The lowest BCUT2D eigenvalue weighted by Crippen LogP contribution is -2.55. The Balaban J connectivity index is 1.65. The van der Waals surface area contributed by atoms with E-state index >= 15 is 0 Å². The third-order valence-electron chi connectivity index (χ3n) is 6.33. The number of allylic oxidation sites excluding steroid dienone is 4. The largest absolute Gasteiger partial charge is 0.484 e. The number of carbonyl (C=O) groups excluding carboxylic acids is 1. The highest BCUT2D eigenvalue weighted by molar-refractivity contribution is 6.22. The molecule has 2 N–H and O–H groups in total. The van der Waals surface area contributed by atoms with Gasteiger partial charge in [-0.15, -0.1) is 11.6 Å². The first kappa shape index (κ1) is 18.7. The predicted octanol–water partition coefficient (Wildman–Crippen LogP) is 2.95. The molecular formula is C22H24ClN3O3. The number of hydrogen-bond acceptors (Lipinski definition) is 5. The van der Waals surface area contributed by atoms with Gasteiger partial charge < -0.3 is 15.2 Å². The number of nitrogens with zero attached hydrogens (tertiary/aromatic N) is 2. The molecule has 2 spiro atoms. The van der Waals surface area contributed by atoms with E-state index in [4.69, 9.17) is 31.8 Å². The molecule has 3 atom stereocenters. The summed E-state index contributed by atoms with van der Waals surface area (Å²) in [5.41, 5.74) is 7.37. The maximum Gasteiger partial charge on any atom is 0.261 e. The average molecular weight is 414 g/mol. The van der Waals surface area contributed by atoms with Crippen LogP contribution in [0, 0.1) is 0 Å². The molecule has 0 radical (unpaired) electrons. The maximum absolute atomic E-state index is 13.4. The van der Waals surface area contributed by atoms with Gasteiger partial charge in [0.2, 0.25) is 0 Å². The Kier molecular flexibility index (Phi) is 4.26. The van der Waals surface area contributed by atoms with Gasteiger partial charge in [-0.2, -0.15) is 0 Å². The minimum Gasteiger partial charge on any atom is -0.484 e. The molecule has 7 heteroatoms. The molecule has 1 aromatic rings. The number of hydrogen-bond donors (Lipinski definition) is 1. The molecule has 1 amide bonds. The fourth-order valence-corrected chi connectivity index (χ4v) is 5.11. The number of halogens is 1. The normalized spacial score (nSPS) is 33.5. The number of fused-ring (bicyclic) bond motifs is 2. The van der Waals surface area contributed by atoms with Crippen LogP contribution in [0.15, 0.2) is 41.4 Å². The van der Waals surface area contributed by atoms with Crippen LogP contribution in [0.25, 0.3) is 5.57 Å². The van der Waals surface area contributed by atoms with Crippen molar-refractivity contribution in [3.8, 4) is 5.75 Å². The zero-order valence-electron chi connectivity index (χ0n) is 16.4. The van der Waals surface area contributed by atoms with Gasteiger partial charge in [0.05, 0.1) is 12.0 Å². The summed E-state index contributed by atoms with van der Waals surface area (Å²) in [6, 6.07) is 6.00. The SMILES string of the molecule is CN1C(=O)C2(CC3(CCCOC3)Oc3ccc(C4=CC=CC(Cl)C4)cc32)N=C1N. The average Bonchev–Trinajstić information content (AvgIpc) is 2.92. The minimum absolute atomic E-state index is 0.0354. The third-order valence-corrected chi connectivity index (χ3v) is 6.63. The number of nitrogens with two attached hydrogens (primary N) is 1. The maximum atomic E-state index is 13.4. The first-order valence-corrected chi connectivity index (χ1v) is 10.4. The van der Waals surface area contributed by atoms with E-state index in [0.29, 0.717) is 25.4 Å². The number of carbonyl (C=O) groups is 1. The van der Waals surface area contributed by atoms with Crippen molar-refractivity contribution in [3.63, 3.8) is 0 Å². The van der Waals surface area contributed by atoms with Crippen LogP contribution in [0.1, 0.15) is 36.8 Å². The van der Waals surface area contributed by atoms with Crippen molar-refractivity contribution in [1.82, 2.24) is 4.90 Å².